The normalized spacial score (nSPS) is 12.6. The van der Waals surface area contributed by atoms with Crippen LogP contribution in [0.2, 0.25) is 0 Å². The molecule has 0 aromatic heterocycles. The molecule has 19 heavy (non-hydrogen) atoms. The van der Waals surface area contributed by atoms with Crippen molar-refractivity contribution in [1.82, 2.24) is 4.90 Å². The molecule has 0 aliphatic rings. The number of nitrogens with zero attached hydrogens (tertiary/aromatic N) is 1. The highest BCUT2D eigenvalue weighted by atomic mass is 15.1. The maximum absolute atomic E-state index is 7.40. The van der Waals surface area contributed by atoms with Gasteiger partial charge >= 0.3 is 0 Å². The van der Waals surface area contributed by atoms with Crippen LogP contribution in [0, 0.1) is 5.41 Å². The van der Waals surface area contributed by atoms with Crippen molar-refractivity contribution < 1.29 is 0 Å². The Morgan fingerprint density at radius 3 is 2.37 bits per heavy atom. The first kappa shape index (κ1) is 15.7. The van der Waals surface area contributed by atoms with Crippen LogP contribution < -0.4 is 5.73 Å². The second-order valence-corrected chi connectivity index (χ2v) is 5.19. The number of amidine groups is 1. The van der Waals surface area contributed by atoms with Crippen molar-refractivity contribution in [2.45, 2.75) is 52.6 Å². The van der Waals surface area contributed by atoms with Crippen LogP contribution >= 0.6 is 0 Å². The zero-order valence-corrected chi connectivity index (χ0v) is 12.4. The van der Waals surface area contributed by atoms with E-state index < -0.39 is 0 Å². The number of benzene rings is 1. The van der Waals surface area contributed by atoms with Crippen molar-refractivity contribution >= 4 is 5.84 Å². The molecule has 3 heteroatoms. The maximum Gasteiger partial charge on any atom is 0.122 e. The highest BCUT2D eigenvalue weighted by Gasteiger charge is 2.12. The average Bonchev–Trinajstić information content (AvgIpc) is 2.43. The molecular formula is C16H27N3. The third-order valence-electron chi connectivity index (χ3n) is 3.66. The zero-order chi connectivity index (χ0) is 14.3. The quantitative estimate of drug-likeness (QED) is 0.557. The summed E-state index contributed by atoms with van der Waals surface area (Å²) in [4.78, 5) is 2.53. The highest BCUT2D eigenvalue weighted by molar-refractivity contribution is 5.94. The topological polar surface area (TPSA) is 53.1 Å². The number of hydrogen-bond donors (Lipinski definition) is 2. The summed E-state index contributed by atoms with van der Waals surface area (Å²) in [6.45, 7) is 8.89. The molecule has 0 saturated carbocycles. The molecule has 0 aliphatic carbocycles. The standard InChI is InChI=1S/C16H27N3/c1-4-6-11-19(13(3)5-2)12-14-7-9-15(10-8-14)16(17)18/h7-10,13H,4-6,11-12H2,1-3H3,(H3,17,18). The summed E-state index contributed by atoms with van der Waals surface area (Å²) < 4.78 is 0. The fraction of sp³-hybridized carbons (Fsp3) is 0.562. The number of unbranched alkanes of at least 4 members (excludes halogenated alkanes) is 1. The lowest BCUT2D eigenvalue weighted by Gasteiger charge is -2.28. The summed E-state index contributed by atoms with van der Waals surface area (Å²) in [5.41, 5.74) is 7.56. The molecular weight excluding hydrogens is 234 g/mol. The van der Waals surface area contributed by atoms with Gasteiger partial charge in [0.1, 0.15) is 5.84 Å². The Hall–Kier alpha value is -1.35. The first-order chi connectivity index (χ1) is 9.08. The molecule has 0 amide bonds. The highest BCUT2D eigenvalue weighted by Crippen LogP contribution is 2.13. The van der Waals surface area contributed by atoms with Crippen molar-refractivity contribution in [2.75, 3.05) is 6.54 Å². The van der Waals surface area contributed by atoms with Crippen LogP contribution in [0.1, 0.15) is 51.2 Å². The van der Waals surface area contributed by atoms with Gasteiger partial charge in [0.05, 0.1) is 0 Å². The van der Waals surface area contributed by atoms with E-state index in [0.29, 0.717) is 6.04 Å². The van der Waals surface area contributed by atoms with Gasteiger partial charge in [0.2, 0.25) is 0 Å². The Labute approximate surface area is 117 Å². The fourth-order valence-corrected chi connectivity index (χ4v) is 2.10. The molecule has 3 nitrogen and oxygen atoms in total. The van der Waals surface area contributed by atoms with Crippen LogP contribution in [0.15, 0.2) is 24.3 Å². The maximum atomic E-state index is 7.40. The van der Waals surface area contributed by atoms with Gasteiger partial charge in [-0.25, -0.2) is 0 Å². The molecule has 0 fully saturated rings. The molecule has 0 saturated heterocycles. The minimum absolute atomic E-state index is 0.135. The summed E-state index contributed by atoms with van der Waals surface area (Å²) in [6.07, 6.45) is 3.65. The van der Waals surface area contributed by atoms with Crippen LogP contribution in [0.3, 0.4) is 0 Å². The lowest BCUT2D eigenvalue weighted by molar-refractivity contribution is 0.192. The van der Waals surface area contributed by atoms with Crippen molar-refractivity contribution in [3.8, 4) is 0 Å². The lowest BCUT2D eigenvalue weighted by atomic mass is 10.1. The van der Waals surface area contributed by atoms with E-state index in [1.807, 2.05) is 12.1 Å². The van der Waals surface area contributed by atoms with E-state index in [2.05, 4.69) is 37.8 Å². The summed E-state index contributed by atoms with van der Waals surface area (Å²) in [5.74, 6) is 0.135. The van der Waals surface area contributed by atoms with Crippen LogP contribution in [0.5, 0.6) is 0 Å². The fourth-order valence-electron chi connectivity index (χ4n) is 2.10. The zero-order valence-electron chi connectivity index (χ0n) is 12.4. The number of hydrogen-bond acceptors (Lipinski definition) is 2. The Morgan fingerprint density at radius 1 is 1.26 bits per heavy atom. The molecule has 1 atom stereocenters. The molecule has 0 aliphatic heterocycles. The van der Waals surface area contributed by atoms with Crippen molar-refractivity contribution in [3.05, 3.63) is 35.4 Å². The monoisotopic (exact) mass is 261 g/mol. The van der Waals surface area contributed by atoms with Crippen LogP contribution in [0.4, 0.5) is 0 Å². The van der Waals surface area contributed by atoms with Gasteiger partial charge in [-0.15, -0.1) is 0 Å². The Kier molecular flexibility index (Phi) is 6.57. The van der Waals surface area contributed by atoms with Gasteiger partial charge in [-0.1, -0.05) is 44.5 Å². The van der Waals surface area contributed by atoms with Gasteiger partial charge in [-0.2, -0.15) is 0 Å². The second kappa shape index (κ2) is 7.95. The Morgan fingerprint density at radius 2 is 1.89 bits per heavy atom. The average molecular weight is 261 g/mol. The molecule has 3 N–H and O–H groups in total. The van der Waals surface area contributed by atoms with Gasteiger partial charge < -0.3 is 5.73 Å². The molecule has 0 bridgehead atoms. The largest absolute Gasteiger partial charge is 0.384 e. The molecule has 1 unspecified atom stereocenters. The second-order valence-electron chi connectivity index (χ2n) is 5.19. The SMILES string of the molecule is CCCCN(Cc1ccc(C(=N)N)cc1)C(C)CC. The molecule has 1 aromatic rings. The first-order valence-corrected chi connectivity index (χ1v) is 7.25. The molecule has 1 aromatic carbocycles. The smallest absolute Gasteiger partial charge is 0.122 e. The summed E-state index contributed by atoms with van der Waals surface area (Å²) >= 11 is 0. The van der Waals surface area contributed by atoms with E-state index in [-0.39, 0.29) is 5.84 Å². The Bertz CT molecular complexity index is 383. The van der Waals surface area contributed by atoms with Gasteiger partial charge in [0.25, 0.3) is 0 Å². The van der Waals surface area contributed by atoms with E-state index in [4.69, 9.17) is 11.1 Å². The predicted octanol–water partition coefficient (Wildman–Crippen LogP) is 3.37. The summed E-state index contributed by atoms with van der Waals surface area (Å²) in [5, 5.41) is 7.40. The third-order valence-corrected chi connectivity index (χ3v) is 3.66. The van der Waals surface area contributed by atoms with Crippen molar-refractivity contribution in [2.24, 2.45) is 5.73 Å². The predicted molar refractivity (Wildman–Crippen MR) is 82.5 cm³/mol. The van der Waals surface area contributed by atoms with Gasteiger partial charge in [0.15, 0.2) is 0 Å². The van der Waals surface area contributed by atoms with Gasteiger partial charge in [-0.3, -0.25) is 10.3 Å². The van der Waals surface area contributed by atoms with E-state index in [0.717, 1.165) is 18.7 Å². The summed E-state index contributed by atoms with van der Waals surface area (Å²) in [6, 6.07) is 8.65. The molecule has 0 heterocycles. The van der Waals surface area contributed by atoms with E-state index in [1.54, 1.807) is 0 Å². The van der Waals surface area contributed by atoms with E-state index >= 15 is 0 Å². The van der Waals surface area contributed by atoms with E-state index in [9.17, 15) is 0 Å². The molecule has 106 valence electrons. The van der Waals surface area contributed by atoms with Crippen LogP contribution in [-0.2, 0) is 6.54 Å². The number of nitrogen functional groups attached to an aromatic ring is 1. The van der Waals surface area contributed by atoms with Crippen LogP contribution in [0.25, 0.3) is 0 Å². The minimum Gasteiger partial charge on any atom is -0.384 e. The number of rotatable bonds is 8. The molecule has 0 radical (unpaired) electrons. The summed E-state index contributed by atoms with van der Waals surface area (Å²) in [7, 11) is 0. The van der Waals surface area contributed by atoms with Crippen molar-refractivity contribution in [3.63, 3.8) is 0 Å². The third kappa shape index (κ3) is 5.03. The Balaban J connectivity index is 2.69. The number of nitrogens with one attached hydrogen (secondary N) is 1. The molecule has 1 rings (SSSR count). The minimum atomic E-state index is 0.135. The van der Waals surface area contributed by atoms with Crippen LogP contribution in [-0.4, -0.2) is 23.3 Å². The van der Waals surface area contributed by atoms with Crippen molar-refractivity contribution in [1.29, 1.82) is 5.41 Å². The van der Waals surface area contributed by atoms with Gasteiger partial charge in [-0.05, 0) is 31.9 Å². The van der Waals surface area contributed by atoms with E-state index in [1.165, 1.54) is 24.8 Å². The van der Waals surface area contributed by atoms with Gasteiger partial charge in [0, 0.05) is 18.2 Å². The first-order valence-electron chi connectivity index (χ1n) is 7.25. The number of nitrogens with two attached hydrogens (primary N) is 1. The molecule has 0 spiro atoms. The lowest BCUT2D eigenvalue weighted by Crippen LogP contribution is -2.33.